The van der Waals surface area contributed by atoms with Crippen molar-refractivity contribution in [3.05, 3.63) is 0 Å². The summed E-state index contributed by atoms with van der Waals surface area (Å²) in [5.74, 6) is -2.02. The summed E-state index contributed by atoms with van der Waals surface area (Å²) in [7, 11) is 0. The summed E-state index contributed by atoms with van der Waals surface area (Å²) in [4.78, 5) is 10.3. The van der Waals surface area contributed by atoms with E-state index in [9.17, 15) is 18.0 Å². The van der Waals surface area contributed by atoms with Crippen LogP contribution in [0.5, 0.6) is 0 Å². The van der Waals surface area contributed by atoms with Crippen molar-refractivity contribution in [1.29, 1.82) is 0 Å². The summed E-state index contributed by atoms with van der Waals surface area (Å²) in [5, 5.41) is 18.3. The molecule has 0 spiro atoms. The van der Waals surface area contributed by atoms with Gasteiger partial charge in [-0.3, -0.25) is 5.32 Å². The fourth-order valence-electron chi connectivity index (χ4n) is 0.603. The maximum atomic E-state index is 12.2. The number of halogens is 3. The van der Waals surface area contributed by atoms with Crippen LogP contribution in [0.3, 0.4) is 0 Å². The first kappa shape index (κ1) is 12.2. The third-order valence-electron chi connectivity index (χ3n) is 1.59. The van der Waals surface area contributed by atoms with E-state index in [1.807, 2.05) is 0 Å². The van der Waals surface area contributed by atoms with Crippen LogP contribution in [-0.4, -0.2) is 41.0 Å². The van der Waals surface area contributed by atoms with Crippen molar-refractivity contribution >= 4 is 5.97 Å². The van der Waals surface area contributed by atoms with Gasteiger partial charge in [0.25, 0.3) is 0 Å². The monoisotopic (exact) mass is 201 g/mol. The average molecular weight is 201 g/mol. The standard InChI is InChI=1S/C6H10F3NO3/c1-5(4(12)13,6(7,8)9)10-2-3-11/h10-11H,2-3H2,1H3,(H,12,13). The quantitative estimate of drug-likeness (QED) is 0.597. The van der Waals surface area contributed by atoms with Crippen molar-refractivity contribution in [2.24, 2.45) is 0 Å². The predicted octanol–water partition coefficient (Wildman–Crippen LogP) is -0.0261. The molecular formula is C6H10F3NO3. The second kappa shape index (κ2) is 3.93. The molecule has 0 aliphatic heterocycles. The molecule has 0 aliphatic carbocycles. The third kappa shape index (κ3) is 2.56. The van der Waals surface area contributed by atoms with Crippen LogP contribution in [-0.2, 0) is 4.79 Å². The van der Waals surface area contributed by atoms with E-state index in [2.05, 4.69) is 0 Å². The number of hydrogen-bond donors (Lipinski definition) is 3. The van der Waals surface area contributed by atoms with Gasteiger partial charge in [-0.25, -0.2) is 4.79 Å². The lowest BCUT2D eigenvalue weighted by Crippen LogP contribution is -2.60. The number of β-amino-alcohol motifs (C(OH)–C–C–N with tert-alkyl or cyclic N) is 1. The Labute approximate surface area is 72.4 Å². The number of aliphatic hydroxyl groups excluding tert-OH is 1. The van der Waals surface area contributed by atoms with Crippen LogP contribution >= 0.6 is 0 Å². The smallest absolute Gasteiger partial charge is 0.417 e. The highest BCUT2D eigenvalue weighted by Crippen LogP contribution is 2.30. The van der Waals surface area contributed by atoms with Crippen molar-refractivity contribution in [2.75, 3.05) is 13.2 Å². The van der Waals surface area contributed by atoms with Gasteiger partial charge in [0, 0.05) is 6.54 Å². The number of carbonyl (C=O) groups is 1. The molecule has 0 aliphatic rings. The van der Waals surface area contributed by atoms with E-state index in [4.69, 9.17) is 10.2 Å². The fraction of sp³-hybridized carbons (Fsp3) is 0.833. The Hall–Kier alpha value is -0.820. The van der Waals surface area contributed by atoms with Crippen LogP contribution < -0.4 is 5.32 Å². The maximum Gasteiger partial charge on any atom is 0.417 e. The number of alkyl halides is 3. The third-order valence-corrected chi connectivity index (χ3v) is 1.59. The topological polar surface area (TPSA) is 69.6 Å². The Kier molecular flexibility index (Phi) is 3.68. The van der Waals surface area contributed by atoms with Crippen molar-refractivity contribution in [3.8, 4) is 0 Å². The molecule has 3 N–H and O–H groups in total. The minimum atomic E-state index is -4.89. The molecular weight excluding hydrogens is 191 g/mol. The molecule has 7 heteroatoms. The Bertz CT molecular complexity index is 194. The molecule has 1 atom stereocenters. The number of rotatable bonds is 4. The minimum Gasteiger partial charge on any atom is -0.480 e. The van der Waals surface area contributed by atoms with E-state index in [-0.39, 0.29) is 0 Å². The molecule has 0 radical (unpaired) electrons. The van der Waals surface area contributed by atoms with E-state index in [1.54, 1.807) is 5.32 Å². The summed E-state index contributed by atoms with van der Waals surface area (Å²) in [6, 6.07) is 0. The summed E-state index contributed by atoms with van der Waals surface area (Å²) in [6.07, 6.45) is -4.89. The lowest BCUT2D eigenvalue weighted by molar-refractivity contribution is -0.206. The number of carboxylic acid groups (broad SMARTS) is 1. The number of carboxylic acids is 1. The number of nitrogens with one attached hydrogen (secondary N) is 1. The summed E-state index contributed by atoms with van der Waals surface area (Å²) < 4.78 is 36.5. The molecule has 0 heterocycles. The van der Waals surface area contributed by atoms with Crippen molar-refractivity contribution in [3.63, 3.8) is 0 Å². The molecule has 0 bridgehead atoms. The van der Waals surface area contributed by atoms with Crippen molar-refractivity contribution in [2.45, 2.75) is 18.6 Å². The lowest BCUT2D eigenvalue weighted by atomic mass is 10.0. The van der Waals surface area contributed by atoms with E-state index in [1.165, 1.54) is 0 Å². The van der Waals surface area contributed by atoms with Gasteiger partial charge in [0.05, 0.1) is 6.61 Å². The second-order valence-corrected chi connectivity index (χ2v) is 2.58. The number of aliphatic carboxylic acids is 1. The minimum absolute atomic E-state index is 0.428. The normalized spacial score (nSPS) is 16.7. The molecule has 4 nitrogen and oxygen atoms in total. The van der Waals surface area contributed by atoms with Gasteiger partial charge < -0.3 is 10.2 Å². The zero-order chi connectivity index (χ0) is 10.7. The molecule has 1 unspecified atom stereocenters. The Morgan fingerprint density at radius 1 is 1.46 bits per heavy atom. The lowest BCUT2D eigenvalue weighted by Gasteiger charge is -2.28. The van der Waals surface area contributed by atoms with Gasteiger partial charge >= 0.3 is 12.1 Å². The highest BCUT2D eigenvalue weighted by molar-refractivity contribution is 5.79. The Morgan fingerprint density at radius 3 is 2.15 bits per heavy atom. The summed E-state index contributed by atoms with van der Waals surface area (Å²) in [5.41, 5.74) is -3.00. The summed E-state index contributed by atoms with van der Waals surface area (Å²) in [6.45, 7) is -0.480. The predicted molar refractivity (Wildman–Crippen MR) is 37.2 cm³/mol. The van der Waals surface area contributed by atoms with Crippen molar-refractivity contribution < 1.29 is 28.2 Å². The molecule has 0 aromatic carbocycles. The molecule has 0 aromatic rings. The molecule has 0 fully saturated rings. The number of hydrogen-bond acceptors (Lipinski definition) is 3. The molecule has 13 heavy (non-hydrogen) atoms. The fourth-order valence-corrected chi connectivity index (χ4v) is 0.603. The second-order valence-electron chi connectivity index (χ2n) is 2.58. The summed E-state index contributed by atoms with van der Waals surface area (Å²) >= 11 is 0. The zero-order valence-electron chi connectivity index (χ0n) is 6.85. The molecule has 0 amide bonds. The number of aliphatic hydroxyl groups is 1. The highest BCUT2D eigenvalue weighted by Gasteiger charge is 2.56. The molecule has 0 aromatic heterocycles. The SMILES string of the molecule is CC(NCCO)(C(=O)O)C(F)(F)F. The molecule has 0 saturated carbocycles. The molecule has 0 saturated heterocycles. The Morgan fingerprint density at radius 2 is 1.92 bits per heavy atom. The van der Waals surface area contributed by atoms with Crippen molar-refractivity contribution in [1.82, 2.24) is 5.32 Å². The Balaban J connectivity index is 4.64. The first-order chi connectivity index (χ1) is 5.75. The van der Waals surface area contributed by atoms with Gasteiger partial charge in [-0.1, -0.05) is 0 Å². The van der Waals surface area contributed by atoms with E-state index in [0.29, 0.717) is 6.92 Å². The van der Waals surface area contributed by atoms with Crippen LogP contribution in [0.25, 0.3) is 0 Å². The largest absolute Gasteiger partial charge is 0.480 e. The molecule has 78 valence electrons. The van der Waals surface area contributed by atoms with Gasteiger partial charge in [0.2, 0.25) is 5.54 Å². The maximum absolute atomic E-state index is 12.2. The van der Waals surface area contributed by atoms with Crippen LogP contribution in [0.15, 0.2) is 0 Å². The van der Waals surface area contributed by atoms with Crippen LogP contribution in [0.4, 0.5) is 13.2 Å². The first-order valence-corrected chi connectivity index (χ1v) is 3.41. The van der Waals surface area contributed by atoms with E-state index < -0.39 is 30.8 Å². The van der Waals surface area contributed by atoms with Crippen LogP contribution in [0, 0.1) is 0 Å². The van der Waals surface area contributed by atoms with Gasteiger partial charge in [-0.15, -0.1) is 0 Å². The van der Waals surface area contributed by atoms with Gasteiger partial charge in [0.15, 0.2) is 0 Å². The first-order valence-electron chi connectivity index (χ1n) is 3.41. The van der Waals surface area contributed by atoms with Gasteiger partial charge in [0.1, 0.15) is 0 Å². The van der Waals surface area contributed by atoms with Gasteiger partial charge in [-0.2, -0.15) is 13.2 Å². The zero-order valence-corrected chi connectivity index (χ0v) is 6.85. The highest BCUT2D eigenvalue weighted by atomic mass is 19.4. The van der Waals surface area contributed by atoms with Gasteiger partial charge in [-0.05, 0) is 6.92 Å². The van der Waals surface area contributed by atoms with Crippen LogP contribution in [0.2, 0.25) is 0 Å². The average Bonchev–Trinajstić information content (AvgIpc) is 1.97. The van der Waals surface area contributed by atoms with E-state index >= 15 is 0 Å². The van der Waals surface area contributed by atoms with E-state index in [0.717, 1.165) is 0 Å². The van der Waals surface area contributed by atoms with Crippen LogP contribution in [0.1, 0.15) is 6.92 Å². The molecule has 0 rings (SSSR count).